The number of nitrogens with zero attached hydrogens (tertiary/aromatic N) is 1. The van der Waals surface area contributed by atoms with E-state index in [1.54, 1.807) is 24.3 Å². The van der Waals surface area contributed by atoms with E-state index in [-0.39, 0.29) is 12.1 Å². The van der Waals surface area contributed by atoms with Crippen LogP contribution in [0.15, 0.2) is 48.5 Å². The highest BCUT2D eigenvalue weighted by molar-refractivity contribution is 5.99. The minimum atomic E-state index is -0.659. The zero-order valence-corrected chi connectivity index (χ0v) is 11.5. The van der Waals surface area contributed by atoms with Crippen LogP contribution in [-0.4, -0.2) is 18.4 Å². The Morgan fingerprint density at radius 3 is 2.41 bits per heavy atom. The van der Waals surface area contributed by atoms with E-state index in [0.717, 1.165) is 0 Å². The number of amides is 2. The molecule has 110 valence electrons. The molecule has 0 heterocycles. The Bertz CT molecular complexity index is 736. The summed E-state index contributed by atoms with van der Waals surface area (Å²) in [5.74, 6) is -1.75. The molecular weight excluding hydrogens is 285 g/mol. The van der Waals surface area contributed by atoms with Gasteiger partial charge in [0.15, 0.2) is 0 Å². The standard InChI is InChI=1S/C16H12FN3O2/c17-14-4-2-1-3-13(14)16(22)19-10-15(21)20-12-7-5-11(9-18)6-8-12/h1-8H,10H2,(H,19,22)(H,20,21). The summed E-state index contributed by atoms with van der Waals surface area (Å²) < 4.78 is 13.4. The van der Waals surface area contributed by atoms with Crippen LogP contribution in [-0.2, 0) is 4.79 Å². The number of nitrogens with one attached hydrogen (secondary N) is 2. The molecule has 2 rings (SSSR count). The molecule has 2 aromatic carbocycles. The van der Waals surface area contributed by atoms with Gasteiger partial charge in [0.05, 0.1) is 23.7 Å². The molecule has 6 heteroatoms. The van der Waals surface area contributed by atoms with E-state index in [1.165, 1.54) is 24.3 Å². The van der Waals surface area contributed by atoms with Gasteiger partial charge in [0.25, 0.3) is 5.91 Å². The van der Waals surface area contributed by atoms with Crippen molar-refractivity contribution in [3.63, 3.8) is 0 Å². The van der Waals surface area contributed by atoms with Gasteiger partial charge in [-0.05, 0) is 36.4 Å². The lowest BCUT2D eigenvalue weighted by Gasteiger charge is -2.07. The largest absolute Gasteiger partial charge is 0.343 e. The Morgan fingerprint density at radius 2 is 1.77 bits per heavy atom. The second-order valence-electron chi connectivity index (χ2n) is 4.40. The molecule has 2 N–H and O–H groups in total. The Hall–Kier alpha value is -3.20. The molecule has 0 aliphatic rings. The summed E-state index contributed by atoms with van der Waals surface area (Å²) in [6.45, 7) is -0.285. The minimum Gasteiger partial charge on any atom is -0.343 e. The molecular formula is C16H12FN3O2. The molecule has 0 bridgehead atoms. The van der Waals surface area contributed by atoms with Gasteiger partial charge in [-0.3, -0.25) is 9.59 Å². The van der Waals surface area contributed by atoms with Crippen molar-refractivity contribution in [2.24, 2.45) is 0 Å². The van der Waals surface area contributed by atoms with Crippen LogP contribution in [0.25, 0.3) is 0 Å². The molecule has 5 nitrogen and oxygen atoms in total. The second-order valence-corrected chi connectivity index (χ2v) is 4.40. The van der Waals surface area contributed by atoms with Gasteiger partial charge in [-0.2, -0.15) is 5.26 Å². The van der Waals surface area contributed by atoms with Crippen LogP contribution in [0.4, 0.5) is 10.1 Å². The first-order valence-corrected chi connectivity index (χ1v) is 6.43. The Labute approximate surface area is 126 Å². The van der Waals surface area contributed by atoms with E-state index in [4.69, 9.17) is 5.26 Å². The van der Waals surface area contributed by atoms with E-state index in [1.807, 2.05) is 6.07 Å². The fourth-order valence-corrected chi connectivity index (χ4v) is 1.73. The Morgan fingerprint density at radius 1 is 1.09 bits per heavy atom. The smallest absolute Gasteiger partial charge is 0.254 e. The molecule has 2 amide bonds. The van der Waals surface area contributed by atoms with E-state index >= 15 is 0 Å². The molecule has 2 aromatic rings. The molecule has 0 fully saturated rings. The number of anilines is 1. The Kier molecular flexibility index (Phi) is 4.83. The zero-order chi connectivity index (χ0) is 15.9. The number of hydrogen-bond donors (Lipinski definition) is 2. The van der Waals surface area contributed by atoms with Crippen molar-refractivity contribution in [1.82, 2.24) is 5.32 Å². The lowest BCUT2D eigenvalue weighted by atomic mass is 10.2. The van der Waals surface area contributed by atoms with Crippen LogP contribution in [0.1, 0.15) is 15.9 Å². The predicted molar refractivity (Wildman–Crippen MR) is 78.5 cm³/mol. The van der Waals surface area contributed by atoms with E-state index in [2.05, 4.69) is 10.6 Å². The lowest BCUT2D eigenvalue weighted by Crippen LogP contribution is -2.33. The van der Waals surface area contributed by atoms with E-state index in [9.17, 15) is 14.0 Å². The number of carbonyl (C=O) groups excluding carboxylic acids is 2. The average Bonchev–Trinajstić information content (AvgIpc) is 2.54. The molecule has 0 spiro atoms. The van der Waals surface area contributed by atoms with Gasteiger partial charge in [0.2, 0.25) is 5.91 Å². The summed E-state index contributed by atoms with van der Waals surface area (Å²) in [6.07, 6.45) is 0. The van der Waals surface area contributed by atoms with Crippen LogP contribution in [0.5, 0.6) is 0 Å². The quantitative estimate of drug-likeness (QED) is 0.906. The highest BCUT2D eigenvalue weighted by atomic mass is 19.1. The SMILES string of the molecule is N#Cc1ccc(NC(=O)CNC(=O)c2ccccc2F)cc1. The van der Waals surface area contributed by atoms with Gasteiger partial charge in [-0.15, -0.1) is 0 Å². The van der Waals surface area contributed by atoms with Crippen molar-refractivity contribution in [2.45, 2.75) is 0 Å². The van der Waals surface area contributed by atoms with Crippen LogP contribution in [0.2, 0.25) is 0 Å². The molecule has 0 unspecified atom stereocenters. The topological polar surface area (TPSA) is 82.0 Å². The summed E-state index contributed by atoms with van der Waals surface area (Å²) in [6, 6.07) is 13.8. The van der Waals surface area contributed by atoms with Gasteiger partial charge in [0, 0.05) is 5.69 Å². The van der Waals surface area contributed by atoms with Crippen molar-refractivity contribution in [2.75, 3.05) is 11.9 Å². The maximum absolute atomic E-state index is 13.4. The normalized spacial score (nSPS) is 9.64. The molecule has 0 aliphatic carbocycles. The van der Waals surface area contributed by atoms with Crippen LogP contribution in [0.3, 0.4) is 0 Å². The highest BCUT2D eigenvalue weighted by Gasteiger charge is 2.11. The molecule has 0 radical (unpaired) electrons. The number of carbonyl (C=O) groups is 2. The first-order chi connectivity index (χ1) is 10.6. The summed E-state index contributed by atoms with van der Waals surface area (Å²) >= 11 is 0. The molecule has 0 aliphatic heterocycles. The summed E-state index contributed by atoms with van der Waals surface area (Å²) in [4.78, 5) is 23.4. The maximum atomic E-state index is 13.4. The first kappa shape index (κ1) is 15.2. The van der Waals surface area contributed by atoms with Crippen LogP contribution >= 0.6 is 0 Å². The molecule has 0 atom stereocenters. The van der Waals surface area contributed by atoms with Crippen LogP contribution < -0.4 is 10.6 Å². The monoisotopic (exact) mass is 297 g/mol. The van der Waals surface area contributed by atoms with Crippen molar-refractivity contribution < 1.29 is 14.0 Å². The Balaban J connectivity index is 1.89. The summed E-state index contributed by atoms with van der Waals surface area (Å²) in [7, 11) is 0. The average molecular weight is 297 g/mol. The fraction of sp³-hybridized carbons (Fsp3) is 0.0625. The third-order valence-electron chi connectivity index (χ3n) is 2.83. The van der Waals surface area contributed by atoms with Crippen molar-refractivity contribution in [3.8, 4) is 6.07 Å². The number of rotatable bonds is 4. The van der Waals surface area contributed by atoms with E-state index < -0.39 is 17.6 Å². The van der Waals surface area contributed by atoms with Crippen molar-refractivity contribution >= 4 is 17.5 Å². The van der Waals surface area contributed by atoms with Gasteiger partial charge in [-0.25, -0.2) is 4.39 Å². The zero-order valence-electron chi connectivity index (χ0n) is 11.5. The molecule has 0 saturated heterocycles. The van der Waals surface area contributed by atoms with Crippen molar-refractivity contribution in [1.29, 1.82) is 5.26 Å². The fourth-order valence-electron chi connectivity index (χ4n) is 1.73. The number of hydrogen-bond acceptors (Lipinski definition) is 3. The van der Waals surface area contributed by atoms with Gasteiger partial charge in [0.1, 0.15) is 5.82 Å². The van der Waals surface area contributed by atoms with E-state index in [0.29, 0.717) is 11.3 Å². The van der Waals surface area contributed by atoms with Crippen LogP contribution in [0, 0.1) is 17.1 Å². The lowest BCUT2D eigenvalue weighted by molar-refractivity contribution is -0.115. The van der Waals surface area contributed by atoms with Gasteiger partial charge < -0.3 is 10.6 Å². The molecule has 0 aromatic heterocycles. The number of halogens is 1. The third-order valence-corrected chi connectivity index (χ3v) is 2.83. The first-order valence-electron chi connectivity index (χ1n) is 6.43. The minimum absolute atomic E-state index is 0.117. The van der Waals surface area contributed by atoms with Crippen molar-refractivity contribution in [3.05, 3.63) is 65.5 Å². The van der Waals surface area contributed by atoms with Gasteiger partial charge in [-0.1, -0.05) is 12.1 Å². The summed E-state index contributed by atoms with van der Waals surface area (Å²) in [5, 5.41) is 13.6. The molecule has 0 saturated carbocycles. The predicted octanol–water partition coefficient (Wildman–Crippen LogP) is 2.07. The number of benzene rings is 2. The highest BCUT2D eigenvalue weighted by Crippen LogP contribution is 2.08. The number of nitriles is 1. The second kappa shape index (κ2) is 6.99. The maximum Gasteiger partial charge on any atom is 0.254 e. The third kappa shape index (κ3) is 3.90. The summed E-state index contributed by atoms with van der Waals surface area (Å²) in [5.41, 5.74) is 0.865. The van der Waals surface area contributed by atoms with Gasteiger partial charge >= 0.3 is 0 Å². The molecule has 22 heavy (non-hydrogen) atoms.